The largest absolute Gasteiger partial charge is 0.460 e. The number of sulfone groups is 1. The number of benzene rings is 3. The molecule has 0 aliphatic carbocycles. The van der Waals surface area contributed by atoms with Crippen molar-refractivity contribution in [3.63, 3.8) is 0 Å². The molecule has 0 aliphatic heterocycles. The Morgan fingerprint density at radius 3 is 2.23 bits per heavy atom. The van der Waals surface area contributed by atoms with Crippen molar-refractivity contribution in [2.45, 2.75) is 32.0 Å². The first kappa shape index (κ1) is 26.6. The Morgan fingerprint density at radius 2 is 1.60 bits per heavy atom. The van der Waals surface area contributed by atoms with E-state index in [-0.39, 0.29) is 13.0 Å². The summed E-state index contributed by atoms with van der Waals surface area (Å²) in [5.74, 6) is -1.63. The zero-order chi connectivity index (χ0) is 25.4. The van der Waals surface area contributed by atoms with Crippen molar-refractivity contribution in [2.24, 2.45) is 0 Å². The van der Waals surface area contributed by atoms with Gasteiger partial charge in [-0.15, -0.1) is 0 Å². The summed E-state index contributed by atoms with van der Waals surface area (Å²) >= 11 is 6.09. The maximum Gasteiger partial charge on any atom is 0.323 e. The van der Waals surface area contributed by atoms with Crippen molar-refractivity contribution < 1.29 is 22.7 Å². The van der Waals surface area contributed by atoms with Crippen LogP contribution < -0.4 is 5.32 Å². The molecule has 3 aromatic rings. The maximum atomic E-state index is 13.0. The fourth-order valence-corrected chi connectivity index (χ4v) is 4.51. The van der Waals surface area contributed by atoms with Crippen LogP contribution in [0.1, 0.15) is 18.1 Å². The number of carbonyl (C=O) groups excluding carboxylic acids is 2. The minimum absolute atomic E-state index is 0.0945. The highest BCUT2D eigenvalue weighted by Crippen LogP contribution is 2.23. The molecule has 2 atom stereocenters. The summed E-state index contributed by atoms with van der Waals surface area (Å²) in [5, 5.41) is 3.61. The summed E-state index contributed by atoms with van der Waals surface area (Å²) in [4.78, 5) is 25.3. The molecule has 1 N–H and O–H groups in total. The van der Waals surface area contributed by atoms with Gasteiger partial charge in [0.1, 0.15) is 18.4 Å². The SMILES string of the molecule is C[C@H](N[C@@H](Cc1ccc(-c2cccc(Cl)c2)cc1)C(=O)OCc1ccccc1)C(=O)CS(C)(=O)=O. The van der Waals surface area contributed by atoms with Gasteiger partial charge in [-0.1, -0.05) is 78.3 Å². The average molecular weight is 514 g/mol. The number of carbonyl (C=O) groups is 2. The van der Waals surface area contributed by atoms with Gasteiger partial charge >= 0.3 is 5.97 Å². The lowest BCUT2D eigenvalue weighted by Gasteiger charge is -2.22. The molecule has 0 aliphatic rings. The number of nitrogens with one attached hydrogen (secondary N) is 1. The minimum Gasteiger partial charge on any atom is -0.460 e. The fourth-order valence-electron chi connectivity index (χ4n) is 3.55. The number of halogens is 1. The predicted molar refractivity (Wildman–Crippen MR) is 138 cm³/mol. The molecule has 0 amide bonds. The molecule has 0 radical (unpaired) electrons. The third kappa shape index (κ3) is 8.62. The van der Waals surface area contributed by atoms with Gasteiger partial charge in [-0.05, 0) is 47.7 Å². The van der Waals surface area contributed by atoms with Crippen LogP contribution in [-0.4, -0.2) is 44.3 Å². The second kappa shape index (κ2) is 12.1. The lowest BCUT2D eigenvalue weighted by Crippen LogP contribution is -2.48. The normalized spacial score (nSPS) is 13.1. The summed E-state index contributed by atoms with van der Waals surface area (Å²) < 4.78 is 28.6. The van der Waals surface area contributed by atoms with Crippen molar-refractivity contribution in [3.05, 3.63) is 95.0 Å². The number of esters is 1. The molecule has 3 aromatic carbocycles. The maximum absolute atomic E-state index is 13.0. The molecule has 0 aromatic heterocycles. The minimum atomic E-state index is -3.48. The van der Waals surface area contributed by atoms with Crippen molar-refractivity contribution >= 4 is 33.2 Å². The molecule has 0 bridgehead atoms. The highest BCUT2D eigenvalue weighted by atomic mass is 35.5. The molecule has 0 unspecified atom stereocenters. The average Bonchev–Trinajstić information content (AvgIpc) is 2.82. The standard InChI is InChI=1S/C27H28ClNO5S/c1-19(26(30)18-35(2,32)33)29-25(27(31)34-17-21-7-4-3-5-8-21)15-20-11-13-22(14-12-20)23-9-6-10-24(28)16-23/h3-14,16,19,25,29H,15,17-18H2,1-2H3/t19-,25-/m0/s1. The van der Waals surface area contributed by atoms with Crippen LogP contribution in [0.3, 0.4) is 0 Å². The van der Waals surface area contributed by atoms with Gasteiger partial charge in [-0.2, -0.15) is 0 Å². The molecule has 0 heterocycles. The van der Waals surface area contributed by atoms with E-state index in [1.807, 2.05) is 78.9 Å². The highest BCUT2D eigenvalue weighted by Gasteiger charge is 2.26. The van der Waals surface area contributed by atoms with E-state index < -0.39 is 39.4 Å². The van der Waals surface area contributed by atoms with E-state index in [2.05, 4.69) is 5.32 Å². The molecule has 35 heavy (non-hydrogen) atoms. The van der Waals surface area contributed by atoms with Gasteiger partial charge in [0.25, 0.3) is 0 Å². The van der Waals surface area contributed by atoms with E-state index in [4.69, 9.17) is 16.3 Å². The van der Waals surface area contributed by atoms with E-state index in [1.165, 1.54) is 0 Å². The first-order valence-corrected chi connectivity index (χ1v) is 13.6. The molecular weight excluding hydrogens is 486 g/mol. The first-order chi connectivity index (χ1) is 16.6. The molecule has 0 saturated heterocycles. The Kier molecular flexibility index (Phi) is 9.20. The molecule has 184 valence electrons. The molecular formula is C27H28ClNO5S. The van der Waals surface area contributed by atoms with Crippen molar-refractivity contribution in [2.75, 3.05) is 12.0 Å². The number of hydrogen-bond donors (Lipinski definition) is 1. The van der Waals surface area contributed by atoms with Gasteiger partial charge in [0.2, 0.25) is 0 Å². The summed E-state index contributed by atoms with van der Waals surface area (Å²) in [5.41, 5.74) is 3.64. The smallest absolute Gasteiger partial charge is 0.323 e. The Balaban J connectivity index is 1.74. The van der Waals surface area contributed by atoms with Crippen LogP contribution >= 0.6 is 11.6 Å². The quantitative estimate of drug-likeness (QED) is 0.385. The van der Waals surface area contributed by atoms with E-state index in [0.29, 0.717) is 5.02 Å². The van der Waals surface area contributed by atoms with Crippen LogP contribution in [0, 0.1) is 0 Å². The summed E-state index contributed by atoms with van der Waals surface area (Å²) in [6.07, 6.45) is 1.27. The third-order valence-electron chi connectivity index (χ3n) is 5.40. The zero-order valence-corrected chi connectivity index (χ0v) is 21.2. The second-order valence-corrected chi connectivity index (χ2v) is 11.1. The van der Waals surface area contributed by atoms with Gasteiger partial charge in [0.05, 0.1) is 6.04 Å². The molecule has 8 heteroatoms. The number of Topliss-reactive ketones (excluding diaryl/α,β-unsaturated/α-hetero) is 1. The van der Waals surface area contributed by atoms with E-state index in [0.717, 1.165) is 28.5 Å². The molecule has 3 rings (SSSR count). The molecule has 0 spiro atoms. The van der Waals surface area contributed by atoms with Crippen LogP contribution in [-0.2, 0) is 37.2 Å². The Labute approximate surface area is 211 Å². The number of ether oxygens (including phenoxy) is 1. The summed E-state index contributed by atoms with van der Waals surface area (Å²) in [6, 6.07) is 22.8. The number of hydrogen-bond acceptors (Lipinski definition) is 6. The molecule has 6 nitrogen and oxygen atoms in total. The number of ketones is 1. The predicted octanol–water partition coefficient (Wildman–Crippen LogP) is 4.25. The Morgan fingerprint density at radius 1 is 0.914 bits per heavy atom. The lowest BCUT2D eigenvalue weighted by molar-refractivity contribution is -0.147. The van der Waals surface area contributed by atoms with Crippen LogP contribution in [0.2, 0.25) is 5.02 Å². The van der Waals surface area contributed by atoms with Crippen molar-refractivity contribution in [1.29, 1.82) is 0 Å². The molecule has 0 saturated carbocycles. The Bertz CT molecular complexity index is 1260. The van der Waals surface area contributed by atoms with E-state index in [9.17, 15) is 18.0 Å². The first-order valence-electron chi connectivity index (χ1n) is 11.1. The monoisotopic (exact) mass is 513 g/mol. The van der Waals surface area contributed by atoms with Crippen LogP contribution in [0.4, 0.5) is 0 Å². The van der Waals surface area contributed by atoms with Gasteiger partial charge in [-0.25, -0.2) is 8.42 Å². The van der Waals surface area contributed by atoms with Crippen LogP contribution in [0.5, 0.6) is 0 Å². The van der Waals surface area contributed by atoms with Gasteiger partial charge in [0.15, 0.2) is 15.6 Å². The highest BCUT2D eigenvalue weighted by molar-refractivity contribution is 7.91. The van der Waals surface area contributed by atoms with E-state index >= 15 is 0 Å². The Hall–Kier alpha value is -3.00. The lowest BCUT2D eigenvalue weighted by atomic mass is 10.00. The van der Waals surface area contributed by atoms with Crippen molar-refractivity contribution in [1.82, 2.24) is 5.32 Å². The van der Waals surface area contributed by atoms with Crippen molar-refractivity contribution in [3.8, 4) is 11.1 Å². The fraction of sp³-hybridized carbons (Fsp3) is 0.259. The molecule has 0 fully saturated rings. The van der Waals surface area contributed by atoms with Gasteiger partial charge in [0, 0.05) is 11.3 Å². The van der Waals surface area contributed by atoms with Crippen LogP contribution in [0.15, 0.2) is 78.9 Å². The van der Waals surface area contributed by atoms with E-state index in [1.54, 1.807) is 6.92 Å². The van der Waals surface area contributed by atoms with Gasteiger partial charge in [-0.3, -0.25) is 14.9 Å². The summed E-state index contributed by atoms with van der Waals surface area (Å²) in [7, 11) is -3.48. The summed E-state index contributed by atoms with van der Waals surface area (Å²) in [6.45, 7) is 1.64. The van der Waals surface area contributed by atoms with Crippen LogP contribution in [0.25, 0.3) is 11.1 Å². The zero-order valence-electron chi connectivity index (χ0n) is 19.6. The number of rotatable bonds is 11. The topological polar surface area (TPSA) is 89.5 Å². The second-order valence-electron chi connectivity index (χ2n) is 8.48. The third-order valence-corrected chi connectivity index (χ3v) is 6.44. The van der Waals surface area contributed by atoms with Gasteiger partial charge < -0.3 is 4.74 Å².